The molecule has 19 heavy (non-hydrogen) atoms. The van der Waals surface area contributed by atoms with Gasteiger partial charge in [-0.2, -0.15) is 13.2 Å². The van der Waals surface area contributed by atoms with Crippen molar-refractivity contribution in [2.45, 2.75) is 12.6 Å². The van der Waals surface area contributed by atoms with Crippen LogP contribution in [0.2, 0.25) is 0 Å². The summed E-state index contributed by atoms with van der Waals surface area (Å²) in [6.07, 6.45) is -2.03. The summed E-state index contributed by atoms with van der Waals surface area (Å²) in [5, 5.41) is 8.72. The number of nitrogens with zero attached hydrogens (tertiary/aromatic N) is 2. The summed E-state index contributed by atoms with van der Waals surface area (Å²) in [4.78, 5) is 16.3. The highest BCUT2D eigenvalue weighted by atomic mass is 19.4. The Morgan fingerprint density at radius 3 is 2.53 bits per heavy atom. The van der Waals surface area contributed by atoms with Crippen molar-refractivity contribution in [2.24, 2.45) is 0 Å². The van der Waals surface area contributed by atoms with E-state index in [1.165, 1.54) is 18.3 Å². The number of aromatic carboxylic acids is 1. The van der Waals surface area contributed by atoms with Gasteiger partial charge >= 0.3 is 12.1 Å². The minimum Gasteiger partial charge on any atom is -0.478 e. The van der Waals surface area contributed by atoms with Crippen LogP contribution < -0.4 is 4.90 Å². The molecule has 0 atom stereocenters. The second-order valence-corrected chi connectivity index (χ2v) is 4.13. The Balaban J connectivity index is 2.09. The number of carbonyl (C=O) groups is 1. The molecule has 4 nitrogen and oxygen atoms in total. The molecule has 1 aromatic heterocycles. The summed E-state index contributed by atoms with van der Waals surface area (Å²) in [6, 6.07) is 2.88. The topological polar surface area (TPSA) is 53.4 Å². The van der Waals surface area contributed by atoms with Crippen LogP contribution in [0.1, 0.15) is 16.8 Å². The number of anilines is 1. The fraction of sp³-hybridized carbons (Fsp3) is 0.333. The van der Waals surface area contributed by atoms with Gasteiger partial charge in [-0.25, -0.2) is 9.78 Å². The molecule has 7 heteroatoms. The molecule has 2 rings (SSSR count). The van der Waals surface area contributed by atoms with E-state index in [4.69, 9.17) is 5.11 Å². The van der Waals surface area contributed by atoms with Crippen molar-refractivity contribution in [3.8, 4) is 0 Å². The lowest BCUT2D eigenvalue weighted by molar-refractivity contribution is -0.0944. The van der Waals surface area contributed by atoms with E-state index in [1.807, 2.05) is 0 Å². The van der Waals surface area contributed by atoms with Crippen molar-refractivity contribution < 1.29 is 23.1 Å². The van der Waals surface area contributed by atoms with E-state index in [0.717, 1.165) is 6.08 Å². The molecule has 0 amide bonds. The van der Waals surface area contributed by atoms with Crippen molar-refractivity contribution >= 4 is 11.8 Å². The van der Waals surface area contributed by atoms with Gasteiger partial charge in [0.1, 0.15) is 5.82 Å². The molecule has 0 fully saturated rings. The fourth-order valence-corrected chi connectivity index (χ4v) is 1.83. The van der Waals surface area contributed by atoms with Gasteiger partial charge in [0.15, 0.2) is 0 Å². The van der Waals surface area contributed by atoms with Gasteiger partial charge in [-0.15, -0.1) is 0 Å². The van der Waals surface area contributed by atoms with Gasteiger partial charge in [-0.1, -0.05) is 6.08 Å². The smallest absolute Gasteiger partial charge is 0.412 e. The van der Waals surface area contributed by atoms with Crippen LogP contribution in [-0.2, 0) is 0 Å². The highest BCUT2D eigenvalue weighted by Crippen LogP contribution is 2.31. The number of carboxylic acid groups (broad SMARTS) is 1. The normalized spacial score (nSPS) is 16.2. The summed E-state index contributed by atoms with van der Waals surface area (Å²) in [7, 11) is 0. The average molecular weight is 272 g/mol. The molecule has 0 radical (unpaired) electrons. The second kappa shape index (κ2) is 4.91. The Kier molecular flexibility index (Phi) is 3.46. The fourth-order valence-electron chi connectivity index (χ4n) is 1.83. The van der Waals surface area contributed by atoms with Crippen molar-refractivity contribution in [1.29, 1.82) is 0 Å². The number of rotatable bonds is 2. The van der Waals surface area contributed by atoms with Gasteiger partial charge in [-0.05, 0) is 18.6 Å². The zero-order chi connectivity index (χ0) is 14.0. The molecule has 0 spiro atoms. The van der Waals surface area contributed by atoms with E-state index in [0.29, 0.717) is 5.82 Å². The molecule has 1 aliphatic heterocycles. The van der Waals surface area contributed by atoms with Gasteiger partial charge in [-0.3, -0.25) is 0 Å². The number of alkyl halides is 3. The van der Waals surface area contributed by atoms with Gasteiger partial charge in [0.25, 0.3) is 0 Å². The first-order valence-electron chi connectivity index (χ1n) is 5.58. The Morgan fingerprint density at radius 2 is 2.11 bits per heavy atom. The number of halogens is 3. The SMILES string of the molecule is O=C(O)c1ccc(N2CC=C(C(F)(F)F)CC2)nc1. The molecule has 0 aromatic carbocycles. The van der Waals surface area contributed by atoms with E-state index in [2.05, 4.69) is 4.98 Å². The van der Waals surface area contributed by atoms with Crippen LogP contribution >= 0.6 is 0 Å². The highest BCUT2D eigenvalue weighted by molar-refractivity contribution is 5.87. The van der Waals surface area contributed by atoms with Crippen LogP contribution in [0.25, 0.3) is 0 Å². The average Bonchev–Trinajstić information content (AvgIpc) is 2.38. The first-order valence-corrected chi connectivity index (χ1v) is 5.58. The number of aromatic nitrogens is 1. The minimum atomic E-state index is -4.27. The molecule has 0 unspecified atom stereocenters. The highest BCUT2D eigenvalue weighted by Gasteiger charge is 2.34. The lowest BCUT2D eigenvalue weighted by Gasteiger charge is -2.28. The molecule has 1 N–H and O–H groups in total. The summed E-state index contributed by atoms with van der Waals surface area (Å²) < 4.78 is 37.3. The summed E-state index contributed by atoms with van der Waals surface area (Å²) >= 11 is 0. The van der Waals surface area contributed by atoms with E-state index in [9.17, 15) is 18.0 Å². The number of pyridine rings is 1. The summed E-state index contributed by atoms with van der Waals surface area (Å²) in [6.45, 7) is 0.332. The van der Waals surface area contributed by atoms with E-state index < -0.39 is 17.7 Å². The molecule has 102 valence electrons. The van der Waals surface area contributed by atoms with E-state index in [1.54, 1.807) is 4.90 Å². The molecule has 1 aromatic rings. The van der Waals surface area contributed by atoms with E-state index in [-0.39, 0.29) is 25.1 Å². The molecular formula is C12H11F3N2O2. The molecule has 1 aliphatic rings. The molecule has 0 saturated carbocycles. The first-order chi connectivity index (χ1) is 8.88. The van der Waals surface area contributed by atoms with Crippen molar-refractivity contribution in [2.75, 3.05) is 18.0 Å². The zero-order valence-electron chi connectivity index (χ0n) is 9.81. The Labute approximate surface area is 107 Å². The van der Waals surface area contributed by atoms with Gasteiger partial charge in [0.05, 0.1) is 5.56 Å². The summed E-state index contributed by atoms with van der Waals surface area (Å²) in [5.41, 5.74) is -0.474. The monoisotopic (exact) mass is 272 g/mol. The maximum atomic E-state index is 12.4. The molecule has 2 heterocycles. The Morgan fingerprint density at radius 1 is 1.37 bits per heavy atom. The number of hydrogen-bond donors (Lipinski definition) is 1. The molecular weight excluding hydrogens is 261 g/mol. The lowest BCUT2D eigenvalue weighted by Crippen LogP contribution is -2.32. The van der Waals surface area contributed by atoms with Crippen LogP contribution in [0.3, 0.4) is 0 Å². The predicted molar refractivity (Wildman–Crippen MR) is 62.2 cm³/mol. The summed E-state index contributed by atoms with van der Waals surface area (Å²) in [5.74, 6) is -0.612. The van der Waals surface area contributed by atoms with Gasteiger partial charge in [0, 0.05) is 24.9 Å². The van der Waals surface area contributed by atoms with Gasteiger partial charge in [0.2, 0.25) is 0 Å². The molecule has 0 saturated heterocycles. The Hall–Kier alpha value is -2.05. The number of hydrogen-bond acceptors (Lipinski definition) is 3. The van der Waals surface area contributed by atoms with Crippen molar-refractivity contribution in [1.82, 2.24) is 4.98 Å². The Bertz CT molecular complexity index is 509. The third kappa shape index (κ3) is 3.04. The lowest BCUT2D eigenvalue weighted by atomic mass is 10.1. The standard InChI is InChI=1S/C12H11F3N2O2/c13-12(14,15)9-3-5-17(6-4-9)10-2-1-8(7-16-10)11(18)19/h1-3,7H,4-6H2,(H,18,19). The maximum absolute atomic E-state index is 12.4. The quantitative estimate of drug-likeness (QED) is 0.840. The van der Waals surface area contributed by atoms with Crippen LogP contribution in [0, 0.1) is 0 Å². The van der Waals surface area contributed by atoms with Crippen molar-refractivity contribution in [3.63, 3.8) is 0 Å². The largest absolute Gasteiger partial charge is 0.478 e. The minimum absolute atomic E-state index is 0.0484. The first kappa shape index (κ1) is 13.4. The van der Waals surface area contributed by atoms with Gasteiger partial charge < -0.3 is 10.0 Å². The van der Waals surface area contributed by atoms with Crippen LogP contribution in [0.4, 0.5) is 19.0 Å². The van der Waals surface area contributed by atoms with Crippen LogP contribution in [-0.4, -0.2) is 35.3 Å². The zero-order valence-corrected chi connectivity index (χ0v) is 9.81. The predicted octanol–water partition coefficient (Wildman–Crippen LogP) is 2.48. The second-order valence-electron chi connectivity index (χ2n) is 4.13. The van der Waals surface area contributed by atoms with Crippen LogP contribution in [0.5, 0.6) is 0 Å². The maximum Gasteiger partial charge on any atom is 0.412 e. The van der Waals surface area contributed by atoms with Crippen molar-refractivity contribution in [3.05, 3.63) is 35.5 Å². The van der Waals surface area contributed by atoms with E-state index >= 15 is 0 Å². The third-order valence-corrected chi connectivity index (χ3v) is 2.89. The third-order valence-electron chi connectivity index (χ3n) is 2.89. The molecule has 0 bridgehead atoms. The molecule has 0 aliphatic carbocycles. The van der Waals surface area contributed by atoms with Crippen LogP contribution in [0.15, 0.2) is 30.0 Å². The number of carboxylic acids is 1.